The maximum absolute atomic E-state index is 11.8. The highest BCUT2D eigenvalue weighted by Gasteiger charge is 2.18. The summed E-state index contributed by atoms with van der Waals surface area (Å²) in [6, 6.07) is 13.3. The molecular weight excluding hydrogens is 386 g/mol. The Balaban J connectivity index is 0.000000667. The molecular formula is C21H23N5O4. The number of pyridine rings is 1. The molecule has 0 bridgehead atoms. The number of benzene rings is 1. The lowest BCUT2D eigenvalue weighted by molar-refractivity contribution is -0.143. The van der Waals surface area contributed by atoms with E-state index < -0.39 is 6.09 Å². The van der Waals surface area contributed by atoms with Crippen LogP contribution in [0.3, 0.4) is 0 Å². The SMILES string of the molecule is C1CC1.O=C(O)Nc1nc2cccc(-c3ccc(CN4CCOCC4=O)cc3)n2n1. The van der Waals surface area contributed by atoms with Crippen molar-refractivity contribution >= 4 is 23.6 Å². The molecule has 9 nitrogen and oxygen atoms in total. The molecule has 1 saturated heterocycles. The molecule has 1 aromatic carbocycles. The molecule has 9 heteroatoms. The molecule has 1 aliphatic carbocycles. The normalized spacial score (nSPS) is 15.5. The molecule has 3 heterocycles. The monoisotopic (exact) mass is 409 g/mol. The van der Waals surface area contributed by atoms with Crippen molar-refractivity contribution in [3.8, 4) is 11.3 Å². The van der Waals surface area contributed by atoms with Gasteiger partial charge in [-0.15, -0.1) is 5.10 Å². The molecule has 2 aromatic heterocycles. The van der Waals surface area contributed by atoms with Crippen molar-refractivity contribution in [3.05, 3.63) is 48.0 Å². The number of amides is 2. The molecule has 2 N–H and O–H groups in total. The lowest BCUT2D eigenvalue weighted by atomic mass is 10.1. The Morgan fingerprint density at radius 1 is 1.13 bits per heavy atom. The van der Waals surface area contributed by atoms with Gasteiger partial charge in [0, 0.05) is 18.7 Å². The maximum Gasteiger partial charge on any atom is 0.411 e. The van der Waals surface area contributed by atoms with Crippen LogP contribution in [-0.4, -0.2) is 56.4 Å². The number of ether oxygens (including phenoxy) is 1. The number of carbonyl (C=O) groups is 2. The maximum atomic E-state index is 11.8. The molecule has 5 rings (SSSR count). The van der Waals surface area contributed by atoms with E-state index in [-0.39, 0.29) is 18.5 Å². The highest BCUT2D eigenvalue weighted by atomic mass is 16.5. The van der Waals surface area contributed by atoms with Crippen LogP contribution >= 0.6 is 0 Å². The molecule has 0 unspecified atom stereocenters. The van der Waals surface area contributed by atoms with E-state index in [4.69, 9.17) is 9.84 Å². The van der Waals surface area contributed by atoms with Crippen LogP contribution in [0.4, 0.5) is 10.7 Å². The zero-order valence-electron chi connectivity index (χ0n) is 16.5. The van der Waals surface area contributed by atoms with E-state index in [1.165, 1.54) is 19.3 Å². The van der Waals surface area contributed by atoms with E-state index in [1.807, 2.05) is 36.4 Å². The Hall–Kier alpha value is -3.46. The van der Waals surface area contributed by atoms with Crippen molar-refractivity contribution in [2.75, 3.05) is 25.1 Å². The predicted octanol–water partition coefficient (Wildman–Crippen LogP) is 3.02. The zero-order valence-corrected chi connectivity index (χ0v) is 16.5. The number of hydrogen-bond donors (Lipinski definition) is 2. The third-order valence-corrected chi connectivity index (χ3v) is 4.64. The quantitative estimate of drug-likeness (QED) is 0.686. The first-order valence-corrected chi connectivity index (χ1v) is 9.91. The van der Waals surface area contributed by atoms with Crippen LogP contribution in [-0.2, 0) is 16.1 Å². The number of nitrogens with one attached hydrogen (secondary N) is 1. The van der Waals surface area contributed by atoms with Gasteiger partial charge in [-0.3, -0.25) is 10.1 Å². The predicted molar refractivity (Wildman–Crippen MR) is 110 cm³/mol. The molecule has 2 amide bonds. The second-order valence-electron chi connectivity index (χ2n) is 7.17. The van der Waals surface area contributed by atoms with Crippen molar-refractivity contribution in [2.24, 2.45) is 0 Å². The highest BCUT2D eigenvalue weighted by molar-refractivity contribution is 5.80. The van der Waals surface area contributed by atoms with Gasteiger partial charge in [-0.2, -0.15) is 4.98 Å². The smallest absolute Gasteiger partial charge is 0.411 e. The molecule has 2 fully saturated rings. The van der Waals surface area contributed by atoms with Crippen molar-refractivity contribution in [2.45, 2.75) is 25.8 Å². The van der Waals surface area contributed by atoms with Crippen LogP contribution in [0.1, 0.15) is 24.8 Å². The Labute approximate surface area is 173 Å². The fourth-order valence-electron chi connectivity index (χ4n) is 2.99. The second-order valence-corrected chi connectivity index (χ2v) is 7.17. The Morgan fingerprint density at radius 3 is 2.57 bits per heavy atom. The van der Waals surface area contributed by atoms with Gasteiger partial charge in [-0.1, -0.05) is 49.6 Å². The number of anilines is 1. The molecule has 0 atom stereocenters. The zero-order chi connectivity index (χ0) is 20.9. The topological polar surface area (TPSA) is 109 Å². The van der Waals surface area contributed by atoms with E-state index in [0.29, 0.717) is 25.3 Å². The summed E-state index contributed by atoms with van der Waals surface area (Å²) in [5.41, 5.74) is 3.25. The van der Waals surface area contributed by atoms with Gasteiger partial charge in [0.25, 0.3) is 5.95 Å². The van der Waals surface area contributed by atoms with Gasteiger partial charge in [0.2, 0.25) is 5.91 Å². The number of carboxylic acid groups (broad SMARTS) is 1. The summed E-state index contributed by atoms with van der Waals surface area (Å²) in [6.07, 6.45) is 3.29. The standard InChI is InChI=1S/C18H17N5O4.C3H6/c24-16-11-27-9-8-22(16)10-12-4-6-13(7-5-12)14-2-1-3-15-19-17(20-18(25)26)21-23(14)15;1-2-3-1/h1-7H,8-11H2,(H,20,21)(H,25,26);1-3H2. The van der Waals surface area contributed by atoms with Crippen molar-refractivity contribution < 1.29 is 19.4 Å². The van der Waals surface area contributed by atoms with Crippen molar-refractivity contribution in [1.29, 1.82) is 0 Å². The fourth-order valence-corrected chi connectivity index (χ4v) is 2.99. The van der Waals surface area contributed by atoms with Crippen molar-refractivity contribution in [3.63, 3.8) is 0 Å². The van der Waals surface area contributed by atoms with Gasteiger partial charge >= 0.3 is 6.09 Å². The van der Waals surface area contributed by atoms with Gasteiger partial charge in [-0.25, -0.2) is 9.31 Å². The van der Waals surface area contributed by atoms with E-state index in [9.17, 15) is 9.59 Å². The molecule has 30 heavy (non-hydrogen) atoms. The van der Waals surface area contributed by atoms with Crippen LogP contribution in [0.15, 0.2) is 42.5 Å². The van der Waals surface area contributed by atoms with E-state index in [2.05, 4.69) is 15.4 Å². The molecule has 3 aromatic rings. The van der Waals surface area contributed by atoms with Crippen LogP contribution < -0.4 is 5.32 Å². The van der Waals surface area contributed by atoms with Crippen LogP contribution in [0, 0.1) is 0 Å². The number of rotatable bonds is 4. The summed E-state index contributed by atoms with van der Waals surface area (Å²) >= 11 is 0. The summed E-state index contributed by atoms with van der Waals surface area (Å²) in [5, 5.41) is 15.2. The third kappa shape index (κ3) is 4.93. The van der Waals surface area contributed by atoms with E-state index >= 15 is 0 Å². The van der Waals surface area contributed by atoms with Crippen LogP contribution in [0.2, 0.25) is 0 Å². The summed E-state index contributed by atoms with van der Waals surface area (Å²) in [7, 11) is 0. The van der Waals surface area contributed by atoms with Crippen LogP contribution in [0.25, 0.3) is 16.9 Å². The van der Waals surface area contributed by atoms with E-state index in [0.717, 1.165) is 16.8 Å². The average Bonchev–Trinajstić information content (AvgIpc) is 3.56. The number of hydrogen-bond acceptors (Lipinski definition) is 5. The Bertz CT molecular complexity index is 1040. The largest absolute Gasteiger partial charge is 0.465 e. The molecule has 2 aliphatic rings. The summed E-state index contributed by atoms with van der Waals surface area (Å²) in [5.74, 6) is 0.0218. The van der Waals surface area contributed by atoms with Gasteiger partial charge in [0.1, 0.15) is 6.61 Å². The average molecular weight is 409 g/mol. The minimum Gasteiger partial charge on any atom is -0.465 e. The lowest BCUT2D eigenvalue weighted by Gasteiger charge is -2.26. The third-order valence-electron chi connectivity index (χ3n) is 4.64. The van der Waals surface area contributed by atoms with Crippen LogP contribution in [0.5, 0.6) is 0 Å². The van der Waals surface area contributed by atoms with Gasteiger partial charge in [0.05, 0.1) is 12.3 Å². The second kappa shape index (κ2) is 8.91. The molecule has 0 spiro atoms. The molecule has 1 saturated carbocycles. The van der Waals surface area contributed by atoms with Gasteiger partial charge in [-0.05, 0) is 17.7 Å². The minimum absolute atomic E-state index is 0.00355. The fraction of sp³-hybridized carbons (Fsp3) is 0.333. The van der Waals surface area contributed by atoms with Gasteiger partial charge < -0.3 is 14.7 Å². The number of nitrogens with zero attached hydrogens (tertiary/aromatic N) is 4. The van der Waals surface area contributed by atoms with Crippen molar-refractivity contribution in [1.82, 2.24) is 19.5 Å². The molecule has 156 valence electrons. The summed E-state index contributed by atoms with van der Waals surface area (Å²) in [4.78, 5) is 28.6. The van der Waals surface area contributed by atoms with Gasteiger partial charge in [0.15, 0.2) is 5.65 Å². The van der Waals surface area contributed by atoms with E-state index in [1.54, 1.807) is 15.5 Å². The number of aromatic nitrogens is 3. The lowest BCUT2D eigenvalue weighted by Crippen LogP contribution is -2.40. The Kier molecular flexibility index (Phi) is 5.89. The number of morpholine rings is 1. The first-order valence-electron chi connectivity index (χ1n) is 9.91. The number of carbonyl (C=O) groups excluding carboxylic acids is 1. The minimum atomic E-state index is -1.21. The summed E-state index contributed by atoms with van der Waals surface area (Å²) in [6.45, 7) is 1.84. The number of fused-ring (bicyclic) bond motifs is 1. The highest BCUT2D eigenvalue weighted by Crippen LogP contribution is 2.22. The first kappa shape index (κ1) is 19.8. The summed E-state index contributed by atoms with van der Waals surface area (Å²) < 4.78 is 6.73. The molecule has 0 radical (unpaired) electrons. The molecule has 1 aliphatic heterocycles. The first-order chi connectivity index (χ1) is 14.6. The Morgan fingerprint density at radius 2 is 1.90 bits per heavy atom.